The van der Waals surface area contributed by atoms with Gasteiger partial charge in [0.2, 0.25) is 0 Å². The zero-order valence-corrected chi connectivity index (χ0v) is 18.1. The molecule has 1 fully saturated rings. The van der Waals surface area contributed by atoms with Crippen molar-refractivity contribution in [2.75, 3.05) is 13.7 Å². The first-order chi connectivity index (χ1) is 11.6. The van der Waals surface area contributed by atoms with Gasteiger partial charge in [-0.15, -0.1) is 24.0 Å². The number of nitrogens with one attached hydrogen (secondary N) is 2. The molecule has 6 heteroatoms. The molecule has 142 valence electrons. The van der Waals surface area contributed by atoms with Crippen LogP contribution in [0.25, 0.3) is 0 Å². The summed E-state index contributed by atoms with van der Waals surface area (Å²) in [6, 6.07) is 6.44. The second-order valence-electron chi connectivity index (χ2n) is 6.50. The minimum Gasteiger partial charge on any atom is -0.493 e. The Kier molecular flexibility index (Phi) is 10.0. The van der Waals surface area contributed by atoms with Crippen molar-refractivity contribution in [1.82, 2.24) is 10.6 Å². The van der Waals surface area contributed by atoms with Gasteiger partial charge in [0.05, 0.1) is 19.8 Å². The van der Waals surface area contributed by atoms with Crippen molar-refractivity contribution in [3.05, 3.63) is 23.8 Å². The third-order valence-electron chi connectivity index (χ3n) is 4.01. The number of hydrogen-bond acceptors (Lipinski definition) is 3. The molecule has 0 saturated heterocycles. The molecule has 1 aliphatic carbocycles. The standard InChI is InChI=1S/C19H31N3O2.HI/c1-5-20-19(22-14(2)3)21-13-15-10-11-17(18(12-15)23-4)24-16-8-6-7-9-16;/h10-12,14,16H,5-9,13H2,1-4H3,(H2,20,21,22);1H. The van der Waals surface area contributed by atoms with Crippen LogP contribution in [0.4, 0.5) is 0 Å². The van der Waals surface area contributed by atoms with E-state index in [2.05, 4.69) is 42.5 Å². The Balaban J connectivity index is 0.00000312. The second kappa shape index (κ2) is 11.4. The first-order valence-electron chi connectivity index (χ1n) is 9.00. The molecule has 0 aromatic heterocycles. The number of methoxy groups -OCH3 is 1. The normalized spacial score (nSPS) is 15.0. The monoisotopic (exact) mass is 461 g/mol. The summed E-state index contributed by atoms with van der Waals surface area (Å²) in [4.78, 5) is 4.63. The molecule has 1 saturated carbocycles. The Morgan fingerprint density at radius 3 is 2.56 bits per heavy atom. The summed E-state index contributed by atoms with van der Waals surface area (Å²) in [5, 5.41) is 6.58. The molecule has 1 aliphatic rings. The van der Waals surface area contributed by atoms with Crippen LogP contribution in [0.15, 0.2) is 23.2 Å². The Labute approximate surface area is 169 Å². The number of aliphatic imine (C=N–C) groups is 1. The molecular weight excluding hydrogens is 429 g/mol. The molecule has 0 unspecified atom stereocenters. The van der Waals surface area contributed by atoms with Crippen LogP contribution in [-0.4, -0.2) is 31.8 Å². The Hall–Kier alpha value is -1.18. The summed E-state index contributed by atoms with van der Waals surface area (Å²) < 4.78 is 11.6. The summed E-state index contributed by atoms with van der Waals surface area (Å²) in [5.74, 6) is 2.46. The lowest BCUT2D eigenvalue weighted by molar-refractivity contribution is 0.200. The molecule has 2 N–H and O–H groups in total. The van der Waals surface area contributed by atoms with Crippen molar-refractivity contribution < 1.29 is 9.47 Å². The predicted molar refractivity (Wildman–Crippen MR) is 114 cm³/mol. The van der Waals surface area contributed by atoms with Gasteiger partial charge < -0.3 is 20.1 Å². The number of nitrogens with zero attached hydrogens (tertiary/aromatic N) is 1. The first kappa shape index (κ1) is 21.9. The Morgan fingerprint density at radius 1 is 1.24 bits per heavy atom. The van der Waals surface area contributed by atoms with Crippen molar-refractivity contribution in [1.29, 1.82) is 0 Å². The second-order valence-corrected chi connectivity index (χ2v) is 6.50. The highest BCUT2D eigenvalue weighted by atomic mass is 127. The third kappa shape index (κ3) is 7.30. The lowest BCUT2D eigenvalue weighted by Crippen LogP contribution is -2.40. The molecule has 25 heavy (non-hydrogen) atoms. The zero-order chi connectivity index (χ0) is 17.4. The molecule has 0 spiro atoms. The largest absolute Gasteiger partial charge is 0.493 e. The Morgan fingerprint density at radius 2 is 1.96 bits per heavy atom. The van der Waals surface area contributed by atoms with E-state index in [1.54, 1.807) is 7.11 Å². The maximum atomic E-state index is 6.08. The van der Waals surface area contributed by atoms with E-state index in [0.29, 0.717) is 18.7 Å². The summed E-state index contributed by atoms with van der Waals surface area (Å²) >= 11 is 0. The van der Waals surface area contributed by atoms with Crippen LogP contribution < -0.4 is 20.1 Å². The SMILES string of the molecule is CCNC(=NCc1ccc(OC2CCCC2)c(OC)c1)NC(C)C.I. The van der Waals surface area contributed by atoms with E-state index >= 15 is 0 Å². The first-order valence-corrected chi connectivity index (χ1v) is 9.00. The van der Waals surface area contributed by atoms with Crippen LogP contribution in [0.5, 0.6) is 11.5 Å². The zero-order valence-electron chi connectivity index (χ0n) is 15.8. The van der Waals surface area contributed by atoms with E-state index in [1.807, 2.05) is 12.1 Å². The molecule has 2 rings (SSSR count). The third-order valence-corrected chi connectivity index (χ3v) is 4.01. The van der Waals surface area contributed by atoms with E-state index in [9.17, 15) is 0 Å². The van der Waals surface area contributed by atoms with E-state index in [4.69, 9.17) is 9.47 Å². The van der Waals surface area contributed by atoms with Gasteiger partial charge in [-0.25, -0.2) is 4.99 Å². The quantitative estimate of drug-likeness (QED) is 0.365. The molecular formula is C19H32IN3O2. The van der Waals surface area contributed by atoms with Gasteiger partial charge in [-0.05, 0) is 64.2 Å². The van der Waals surface area contributed by atoms with Gasteiger partial charge in [0.25, 0.3) is 0 Å². The Bertz CT molecular complexity index is 543. The summed E-state index contributed by atoms with van der Waals surface area (Å²) in [7, 11) is 1.69. The van der Waals surface area contributed by atoms with Gasteiger partial charge in [-0.3, -0.25) is 0 Å². The number of hydrogen-bond donors (Lipinski definition) is 2. The average Bonchev–Trinajstić information content (AvgIpc) is 3.06. The number of benzene rings is 1. The molecule has 1 aromatic rings. The van der Waals surface area contributed by atoms with Gasteiger partial charge in [0, 0.05) is 12.6 Å². The number of ether oxygens (including phenoxy) is 2. The van der Waals surface area contributed by atoms with E-state index < -0.39 is 0 Å². The van der Waals surface area contributed by atoms with Crippen LogP contribution >= 0.6 is 24.0 Å². The van der Waals surface area contributed by atoms with E-state index in [-0.39, 0.29) is 24.0 Å². The van der Waals surface area contributed by atoms with Crippen LogP contribution in [0, 0.1) is 0 Å². The number of rotatable bonds is 7. The minimum atomic E-state index is 0. The average molecular weight is 461 g/mol. The van der Waals surface area contributed by atoms with E-state index in [1.165, 1.54) is 12.8 Å². The molecule has 5 nitrogen and oxygen atoms in total. The van der Waals surface area contributed by atoms with Gasteiger partial charge in [0.15, 0.2) is 17.5 Å². The lowest BCUT2D eigenvalue weighted by Gasteiger charge is -2.17. The molecule has 0 amide bonds. The fourth-order valence-electron chi connectivity index (χ4n) is 2.86. The maximum absolute atomic E-state index is 6.08. The van der Waals surface area contributed by atoms with Crippen molar-refractivity contribution in [2.24, 2.45) is 4.99 Å². The highest BCUT2D eigenvalue weighted by Gasteiger charge is 2.18. The predicted octanol–water partition coefficient (Wildman–Crippen LogP) is 4.10. The molecule has 0 atom stereocenters. The van der Waals surface area contributed by atoms with Crippen LogP contribution in [0.3, 0.4) is 0 Å². The highest BCUT2D eigenvalue weighted by Crippen LogP contribution is 2.32. The fourth-order valence-corrected chi connectivity index (χ4v) is 2.86. The molecule has 0 heterocycles. The topological polar surface area (TPSA) is 54.9 Å². The van der Waals surface area contributed by atoms with Crippen molar-refractivity contribution in [3.8, 4) is 11.5 Å². The van der Waals surface area contributed by atoms with Crippen molar-refractivity contribution >= 4 is 29.9 Å². The van der Waals surface area contributed by atoms with Crippen molar-refractivity contribution in [2.45, 2.75) is 65.1 Å². The van der Waals surface area contributed by atoms with Gasteiger partial charge in [-0.2, -0.15) is 0 Å². The maximum Gasteiger partial charge on any atom is 0.191 e. The summed E-state index contributed by atoms with van der Waals surface area (Å²) in [6.07, 6.45) is 5.13. The molecule has 0 radical (unpaired) electrons. The fraction of sp³-hybridized carbons (Fsp3) is 0.632. The van der Waals surface area contributed by atoms with Crippen LogP contribution in [-0.2, 0) is 6.54 Å². The van der Waals surface area contributed by atoms with Gasteiger partial charge in [-0.1, -0.05) is 6.07 Å². The lowest BCUT2D eigenvalue weighted by atomic mass is 10.2. The van der Waals surface area contributed by atoms with Crippen LogP contribution in [0.1, 0.15) is 52.0 Å². The summed E-state index contributed by atoms with van der Waals surface area (Å²) in [6.45, 7) is 7.71. The summed E-state index contributed by atoms with van der Waals surface area (Å²) in [5.41, 5.74) is 1.10. The smallest absolute Gasteiger partial charge is 0.191 e. The van der Waals surface area contributed by atoms with Gasteiger partial charge >= 0.3 is 0 Å². The molecule has 0 bridgehead atoms. The number of halogens is 1. The molecule has 0 aliphatic heterocycles. The van der Waals surface area contributed by atoms with E-state index in [0.717, 1.165) is 42.4 Å². The molecule has 1 aromatic carbocycles. The van der Waals surface area contributed by atoms with Crippen molar-refractivity contribution in [3.63, 3.8) is 0 Å². The minimum absolute atomic E-state index is 0. The highest BCUT2D eigenvalue weighted by molar-refractivity contribution is 14.0. The van der Waals surface area contributed by atoms with Gasteiger partial charge in [0.1, 0.15) is 0 Å². The van der Waals surface area contributed by atoms with Crippen LogP contribution in [0.2, 0.25) is 0 Å². The number of guanidine groups is 1.